The zero-order valence-electron chi connectivity index (χ0n) is 8.85. The number of aromatic nitrogens is 2. The number of ether oxygens (including phenoxy) is 1. The topological polar surface area (TPSA) is 44.1 Å². The first kappa shape index (κ1) is 12.1. The monoisotopic (exact) mass is 314 g/mol. The number of halogens is 2. The van der Waals surface area contributed by atoms with E-state index in [1.165, 1.54) is 7.11 Å². The lowest BCUT2D eigenvalue weighted by molar-refractivity contribution is 0.0591. The summed E-state index contributed by atoms with van der Waals surface area (Å²) >= 11 is 9.35. The van der Waals surface area contributed by atoms with Gasteiger partial charge in [-0.25, -0.2) is 9.78 Å². The molecule has 2 rings (SSSR count). The fraction of sp³-hybridized carbons (Fsp3) is 0.0909. The van der Waals surface area contributed by atoms with Gasteiger partial charge in [0.15, 0.2) is 5.82 Å². The number of hydrogen-bond acceptors (Lipinski definition) is 3. The molecule has 0 amide bonds. The minimum atomic E-state index is -0.434. The van der Waals surface area contributed by atoms with E-state index < -0.39 is 5.97 Å². The van der Waals surface area contributed by atoms with Crippen molar-refractivity contribution >= 4 is 33.5 Å². The minimum Gasteiger partial charge on any atom is -0.464 e. The van der Waals surface area contributed by atoms with Gasteiger partial charge in [-0.15, -0.1) is 0 Å². The summed E-state index contributed by atoms with van der Waals surface area (Å²) in [5, 5.41) is 0.445. The van der Waals surface area contributed by atoms with Crippen LogP contribution in [0, 0.1) is 0 Å². The van der Waals surface area contributed by atoms with E-state index >= 15 is 0 Å². The molecule has 0 aliphatic heterocycles. The Morgan fingerprint density at radius 3 is 3.00 bits per heavy atom. The van der Waals surface area contributed by atoms with E-state index in [1.807, 2.05) is 0 Å². The molecular weight excluding hydrogens is 307 g/mol. The molecule has 0 saturated carbocycles. The molecule has 0 spiro atoms. The summed E-state index contributed by atoms with van der Waals surface area (Å²) in [6.07, 6.45) is 3.32. The lowest BCUT2D eigenvalue weighted by atomic mass is 10.4. The molecule has 0 saturated heterocycles. The molecule has 2 heterocycles. The molecule has 2 aromatic heterocycles. The van der Waals surface area contributed by atoms with Crippen LogP contribution in [0.1, 0.15) is 10.5 Å². The van der Waals surface area contributed by atoms with Crippen LogP contribution in [0.3, 0.4) is 0 Å². The van der Waals surface area contributed by atoms with Crippen molar-refractivity contribution in [3.8, 4) is 5.82 Å². The number of carbonyl (C=O) groups excluding carboxylic acids is 1. The molecule has 6 heteroatoms. The van der Waals surface area contributed by atoms with Crippen molar-refractivity contribution in [2.75, 3.05) is 7.11 Å². The first-order valence-corrected chi connectivity index (χ1v) is 5.87. The number of esters is 1. The molecule has 0 bridgehead atoms. The van der Waals surface area contributed by atoms with Gasteiger partial charge in [-0.2, -0.15) is 0 Å². The van der Waals surface area contributed by atoms with Crippen molar-refractivity contribution < 1.29 is 9.53 Å². The van der Waals surface area contributed by atoms with E-state index in [1.54, 1.807) is 35.2 Å². The average Bonchev–Trinajstić information content (AvgIpc) is 2.77. The predicted octanol–water partition coefficient (Wildman–Crippen LogP) is 3.07. The number of nitrogens with zero attached hydrogens (tertiary/aromatic N) is 2. The zero-order chi connectivity index (χ0) is 12.4. The molecule has 2 aromatic rings. The van der Waals surface area contributed by atoms with E-state index in [0.29, 0.717) is 16.5 Å². The van der Waals surface area contributed by atoms with Gasteiger partial charge in [0.05, 0.1) is 12.1 Å². The Labute approximate surface area is 111 Å². The molecule has 0 unspecified atom stereocenters. The molecule has 0 atom stereocenters. The largest absolute Gasteiger partial charge is 0.464 e. The summed E-state index contributed by atoms with van der Waals surface area (Å²) in [5.74, 6) is 0.0519. The van der Waals surface area contributed by atoms with Crippen LogP contribution in [-0.2, 0) is 4.74 Å². The highest BCUT2D eigenvalue weighted by molar-refractivity contribution is 9.10. The van der Waals surface area contributed by atoms with Crippen molar-refractivity contribution in [3.63, 3.8) is 0 Å². The second-order valence-corrected chi connectivity index (χ2v) is 4.54. The third kappa shape index (κ3) is 2.35. The summed E-state index contributed by atoms with van der Waals surface area (Å²) in [4.78, 5) is 15.7. The molecule has 17 heavy (non-hydrogen) atoms. The molecule has 0 aliphatic rings. The first-order valence-electron chi connectivity index (χ1n) is 4.70. The molecule has 0 radical (unpaired) electrons. The summed E-state index contributed by atoms with van der Waals surface area (Å²) in [6, 6.07) is 5.09. The Bertz CT molecular complexity index is 568. The smallest absolute Gasteiger partial charge is 0.355 e. The van der Waals surface area contributed by atoms with Crippen LogP contribution < -0.4 is 0 Å². The maximum atomic E-state index is 11.5. The number of pyridine rings is 1. The molecule has 0 N–H and O–H groups in total. The maximum absolute atomic E-state index is 11.5. The summed E-state index contributed by atoms with van der Waals surface area (Å²) in [6.45, 7) is 0. The van der Waals surface area contributed by atoms with E-state index in [-0.39, 0.29) is 0 Å². The van der Waals surface area contributed by atoms with Gasteiger partial charge in [0.2, 0.25) is 0 Å². The SMILES string of the molecule is COC(=O)c1cccn1-c1ncc(Br)cc1Cl. The normalized spacial score (nSPS) is 10.3. The Kier molecular flexibility index (Phi) is 3.49. The Morgan fingerprint density at radius 2 is 2.35 bits per heavy atom. The first-order chi connectivity index (χ1) is 8.13. The molecular formula is C11H8BrClN2O2. The van der Waals surface area contributed by atoms with Gasteiger partial charge in [0.25, 0.3) is 0 Å². The van der Waals surface area contributed by atoms with Crippen LogP contribution in [0.25, 0.3) is 5.82 Å². The summed E-state index contributed by atoms with van der Waals surface area (Å²) in [7, 11) is 1.33. The van der Waals surface area contributed by atoms with Crippen molar-refractivity contribution in [2.45, 2.75) is 0 Å². The molecule has 4 nitrogen and oxygen atoms in total. The fourth-order valence-corrected chi connectivity index (χ4v) is 2.14. The number of rotatable bonds is 2. The lowest BCUT2D eigenvalue weighted by Crippen LogP contribution is -2.09. The zero-order valence-corrected chi connectivity index (χ0v) is 11.2. The van der Waals surface area contributed by atoms with E-state index in [2.05, 4.69) is 25.7 Å². The Morgan fingerprint density at radius 1 is 1.59 bits per heavy atom. The predicted molar refractivity (Wildman–Crippen MR) is 67.6 cm³/mol. The van der Waals surface area contributed by atoms with Crippen molar-refractivity contribution in [1.82, 2.24) is 9.55 Å². The van der Waals surface area contributed by atoms with Gasteiger partial charge < -0.3 is 4.74 Å². The molecule has 0 aromatic carbocycles. The van der Waals surface area contributed by atoms with Crippen LogP contribution >= 0.6 is 27.5 Å². The van der Waals surface area contributed by atoms with Crippen molar-refractivity contribution in [2.24, 2.45) is 0 Å². The van der Waals surface area contributed by atoms with Crippen LogP contribution in [0.2, 0.25) is 5.02 Å². The third-order valence-electron chi connectivity index (χ3n) is 2.16. The standard InChI is InChI=1S/C11H8BrClN2O2/c1-17-11(16)9-3-2-4-15(9)10-8(13)5-7(12)6-14-10/h2-6H,1H3. The van der Waals surface area contributed by atoms with E-state index in [0.717, 1.165) is 4.47 Å². The third-order valence-corrected chi connectivity index (χ3v) is 2.87. The Balaban J connectivity index is 2.53. The highest BCUT2D eigenvalue weighted by Crippen LogP contribution is 2.23. The minimum absolute atomic E-state index is 0.379. The summed E-state index contributed by atoms with van der Waals surface area (Å²) in [5.41, 5.74) is 0.379. The van der Waals surface area contributed by atoms with Gasteiger partial charge in [-0.1, -0.05) is 11.6 Å². The van der Waals surface area contributed by atoms with Crippen LogP contribution in [0.5, 0.6) is 0 Å². The average molecular weight is 316 g/mol. The van der Waals surface area contributed by atoms with Gasteiger partial charge in [-0.3, -0.25) is 4.57 Å². The number of carbonyl (C=O) groups is 1. The highest BCUT2D eigenvalue weighted by Gasteiger charge is 2.14. The quantitative estimate of drug-likeness (QED) is 0.800. The van der Waals surface area contributed by atoms with E-state index in [9.17, 15) is 4.79 Å². The highest BCUT2D eigenvalue weighted by atomic mass is 79.9. The van der Waals surface area contributed by atoms with Gasteiger partial charge in [-0.05, 0) is 34.1 Å². The second kappa shape index (κ2) is 4.89. The van der Waals surface area contributed by atoms with Gasteiger partial charge in [0.1, 0.15) is 5.69 Å². The van der Waals surface area contributed by atoms with Crippen molar-refractivity contribution in [1.29, 1.82) is 0 Å². The second-order valence-electron chi connectivity index (χ2n) is 3.21. The molecule has 0 fully saturated rings. The Hall–Kier alpha value is -1.33. The molecule has 88 valence electrons. The van der Waals surface area contributed by atoms with Gasteiger partial charge in [0, 0.05) is 16.9 Å². The van der Waals surface area contributed by atoms with Crippen LogP contribution in [0.4, 0.5) is 0 Å². The fourth-order valence-electron chi connectivity index (χ4n) is 1.42. The molecule has 0 aliphatic carbocycles. The van der Waals surface area contributed by atoms with Crippen molar-refractivity contribution in [3.05, 3.63) is 45.8 Å². The number of hydrogen-bond donors (Lipinski definition) is 0. The summed E-state index contributed by atoms with van der Waals surface area (Å²) < 4.78 is 7.04. The van der Waals surface area contributed by atoms with Crippen LogP contribution in [0.15, 0.2) is 35.1 Å². The van der Waals surface area contributed by atoms with Crippen LogP contribution in [-0.4, -0.2) is 22.6 Å². The van der Waals surface area contributed by atoms with Gasteiger partial charge >= 0.3 is 5.97 Å². The number of methoxy groups -OCH3 is 1. The maximum Gasteiger partial charge on any atom is 0.355 e. The van der Waals surface area contributed by atoms with E-state index in [4.69, 9.17) is 11.6 Å². The lowest BCUT2D eigenvalue weighted by Gasteiger charge is -2.08.